The van der Waals surface area contributed by atoms with Crippen LogP contribution in [0.3, 0.4) is 0 Å². The number of thioether (sulfide) groups is 1. The van der Waals surface area contributed by atoms with Crippen LogP contribution in [-0.4, -0.2) is 22.1 Å². The smallest absolute Gasteiger partial charge is 0.0682 e. The van der Waals surface area contributed by atoms with Gasteiger partial charge in [-0.05, 0) is 17.7 Å². The molecule has 1 aromatic rings. The molecule has 0 bridgehead atoms. The molecular weight excluding hydrogens is 220 g/mol. The number of aliphatic hydroxyl groups excluding tert-OH is 2. The minimum atomic E-state index is 0.000218. The zero-order valence-corrected chi connectivity index (χ0v) is 9.48. The highest BCUT2D eigenvalue weighted by molar-refractivity contribution is 8.00. The normalized spacial score (nSPS) is 12.9. The van der Waals surface area contributed by atoms with E-state index in [4.69, 9.17) is 21.8 Å². The van der Waals surface area contributed by atoms with E-state index in [1.807, 2.05) is 19.1 Å². The summed E-state index contributed by atoms with van der Waals surface area (Å²) in [6.07, 6.45) is 0. The van der Waals surface area contributed by atoms with Crippen LogP contribution in [0.1, 0.15) is 12.5 Å². The first-order chi connectivity index (χ1) is 6.67. The maximum Gasteiger partial charge on any atom is 0.0682 e. The molecular formula is C10H13ClO2S. The fourth-order valence-electron chi connectivity index (χ4n) is 0.992. The SMILES string of the molecule is CC(CO)Sc1ccc(CO)cc1Cl. The molecule has 1 atom stereocenters. The van der Waals surface area contributed by atoms with Crippen molar-refractivity contribution in [2.75, 3.05) is 6.61 Å². The Morgan fingerprint density at radius 3 is 2.64 bits per heavy atom. The second-order valence-corrected chi connectivity index (χ2v) is 4.92. The Balaban J connectivity index is 2.78. The molecule has 0 aliphatic carbocycles. The van der Waals surface area contributed by atoms with E-state index in [0.717, 1.165) is 10.5 Å². The number of rotatable bonds is 4. The number of halogens is 1. The van der Waals surface area contributed by atoms with E-state index < -0.39 is 0 Å². The summed E-state index contributed by atoms with van der Waals surface area (Å²) in [5.74, 6) is 0. The summed E-state index contributed by atoms with van der Waals surface area (Å²) in [6.45, 7) is 2.06. The van der Waals surface area contributed by atoms with Gasteiger partial charge in [0.2, 0.25) is 0 Å². The maximum absolute atomic E-state index is 8.88. The van der Waals surface area contributed by atoms with E-state index in [1.54, 1.807) is 6.07 Å². The van der Waals surface area contributed by atoms with Crippen LogP contribution in [-0.2, 0) is 6.61 Å². The molecule has 2 nitrogen and oxygen atoms in total. The van der Waals surface area contributed by atoms with Crippen molar-refractivity contribution in [3.05, 3.63) is 28.8 Å². The zero-order valence-electron chi connectivity index (χ0n) is 7.90. The summed E-state index contributed by atoms with van der Waals surface area (Å²) in [5.41, 5.74) is 0.802. The first kappa shape index (κ1) is 11.9. The van der Waals surface area contributed by atoms with Crippen molar-refractivity contribution >= 4 is 23.4 Å². The van der Waals surface area contributed by atoms with Crippen molar-refractivity contribution in [1.82, 2.24) is 0 Å². The van der Waals surface area contributed by atoms with Crippen LogP contribution < -0.4 is 0 Å². The van der Waals surface area contributed by atoms with Crippen LogP contribution in [0.15, 0.2) is 23.1 Å². The van der Waals surface area contributed by atoms with Gasteiger partial charge in [-0.3, -0.25) is 0 Å². The van der Waals surface area contributed by atoms with Crippen LogP contribution in [0.25, 0.3) is 0 Å². The Morgan fingerprint density at radius 2 is 2.14 bits per heavy atom. The van der Waals surface area contributed by atoms with E-state index >= 15 is 0 Å². The molecule has 78 valence electrons. The summed E-state index contributed by atoms with van der Waals surface area (Å²) < 4.78 is 0. The first-order valence-electron chi connectivity index (χ1n) is 4.34. The molecule has 1 rings (SSSR count). The van der Waals surface area contributed by atoms with Gasteiger partial charge < -0.3 is 10.2 Å². The van der Waals surface area contributed by atoms with Gasteiger partial charge in [-0.25, -0.2) is 0 Å². The van der Waals surface area contributed by atoms with Gasteiger partial charge in [-0.1, -0.05) is 24.6 Å². The van der Waals surface area contributed by atoms with Gasteiger partial charge in [-0.2, -0.15) is 0 Å². The van der Waals surface area contributed by atoms with Gasteiger partial charge >= 0.3 is 0 Å². The van der Waals surface area contributed by atoms with Crippen molar-refractivity contribution < 1.29 is 10.2 Å². The largest absolute Gasteiger partial charge is 0.395 e. The monoisotopic (exact) mass is 232 g/mol. The number of hydrogen-bond donors (Lipinski definition) is 2. The lowest BCUT2D eigenvalue weighted by Gasteiger charge is -2.09. The number of aliphatic hydroxyl groups is 2. The molecule has 0 saturated carbocycles. The van der Waals surface area contributed by atoms with Crippen molar-refractivity contribution in [1.29, 1.82) is 0 Å². The summed E-state index contributed by atoms with van der Waals surface area (Å²) >= 11 is 7.52. The highest BCUT2D eigenvalue weighted by Gasteiger charge is 2.06. The van der Waals surface area contributed by atoms with Crippen molar-refractivity contribution in [3.63, 3.8) is 0 Å². The molecule has 0 heterocycles. The Morgan fingerprint density at radius 1 is 1.43 bits per heavy atom. The molecule has 0 saturated heterocycles. The average Bonchev–Trinajstić information content (AvgIpc) is 2.20. The zero-order chi connectivity index (χ0) is 10.6. The summed E-state index contributed by atoms with van der Waals surface area (Å²) in [5, 5.41) is 18.5. The molecule has 0 aromatic heterocycles. The topological polar surface area (TPSA) is 40.5 Å². The molecule has 14 heavy (non-hydrogen) atoms. The quantitative estimate of drug-likeness (QED) is 0.783. The Hall–Kier alpha value is -0.220. The van der Waals surface area contributed by atoms with Gasteiger partial charge in [-0.15, -0.1) is 11.8 Å². The molecule has 0 aliphatic rings. The fraction of sp³-hybridized carbons (Fsp3) is 0.400. The van der Waals surface area contributed by atoms with E-state index in [1.165, 1.54) is 11.8 Å². The highest BCUT2D eigenvalue weighted by Crippen LogP contribution is 2.30. The molecule has 0 aliphatic heterocycles. The molecule has 0 spiro atoms. The maximum atomic E-state index is 8.88. The highest BCUT2D eigenvalue weighted by atomic mass is 35.5. The van der Waals surface area contributed by atoms with Crippen LogP contribution in [0.5, 0.6) is 0 Å². The van der Waals surface area contributed by atoms with Crippen LogP contribution in [0.2, 0.25) is 5.02 Å². The minimum absolute atomic E-state index is 0.000218. The third-order valence-corrected chi connectivity index (χ3v) is 3.35. The second kappa shape index (κ2) is 5.61. The standard InChI is InChI=1S/C10H13ClO2S/c1-7(5-12)14-10-3-2-8(6-13)4-9(10)11/h2-4,7,12-13H,5-6H2,1H3. The van der Waals surface area contributed by atoms with E-state index in [-0.39, 0.29) is 18.5 Å². The molecule has 1 aromatic carbocycles. The van der Waals surface area contributed by atoms with Crippen LogP contribution >= 0.6 is 23.4 Å². The second-order valence-electron chi connectivity index (χ2n) is 3.03. The van der Waals surface area contributed by atoms with Gasteiger partial charge in [0, 0.05) is 10.1 Å². The number of hydrogen-bond acceptors (Lipinski definition) is 3. The fourth-order valence-corrected chi connectivity index (χ4v) is 2.16. The van der Waals surface area contributed by atoms with E-state index in [2.05, 4.69) is 0 Å². The first-order valence-corrected chi connectivity index (χ1v) is 5.60. The van der Waals surface area contributed by atoms with Crippen molar-refractivity contribution in [2.45, 2.75) is 23.7 Å². The number of benzene rings is 1. The van der Waals surface area contributed by atoms with Crippen molar-refractivity contribution in [2.24, 2.45) is 0 Å². The molecule has 0 amide bonds. The summed E-state index contributed by atoms with van der Waals surface area (Å²) in [7, 11) is 0. The molecule has 4 heteroatoms. The lowest BCUT2D eigenvalue weighted by atomic mass is 10.2. The summed E-state index contributed by atoms with van der Waals surface area (Å²) in [4.78, 5) is 0.936. The van der Waals surface area contributed by atoms with Crippen LogP contribution in [0, 0.1) is 0 Å². The predicted octanol–water partition coefficient (Wildman–Crippen LogP) is 2.31. The average molecular weight is 233 g/mol. The molecule has 0 radical (unpaired) electrons. The van der Waals surface area contributed by atoms with Crippen LogP contribution in [0.4, 0.5) is 0 Å². The third kappa shape index (κ3) is 3.17. The third-order valence-electron chi connectivity index (χ3n) is 1.76. The van der Waals surface area contributed by atoms with Gasteiger partial charge in [0.25, 0.3) is 0 Å². The van der Waals surface area contributed by atoms with Gasteiger partial charge in [0.05, 0.1) is 18.2 Å². The molecule has 1 unspecified atom stereocenters. The lowest BCUT2D eigenvalue weighted by molar-refractivity contribution is 0.282. The van der Waals surface area contributed by atoms with E-state index in [9.17, 15) is 0 Å². The lowest BCUT2D eigenvalue weighted by Crippen LogP contribution is -2.01. The van der Waals surface area contributed by atoms with E-state index in [0.29, 0.717) is 5.02 Å². The van der Waals surface area contributed by atoms with Crippen molar-refractivity contribution in [3.8, 4) is 0 Å². The predicted molar refractivity (Wildman–Crippen MR) is 59.8 cm³/mol. The van der Waals surface area contributed by atoms with Gasteiger partial charge in [0.15, 0.2) is 0 Å². The molecule has 0 fully saturated rings. The minimum Gasteiger partial charge on any atom is -0.395 e. The Kier molecular flexibility index (Phi) is 4.75. The summed E-state index contributed by atoms with van der Waals surface area (Å²) in [6, 6.07) is 5.44. The Bertz CT molecular complexity index is 304. The molecule has 2 N–H and O–H groups in total. The Labute approximate surface area is 92.9 Å². The van der Waals surface area contributed by atoms with Gasteiger partial charge in [0.1, 0.15) is 0 Å².